The van der Waals surface area contributed by atoms with E-state index in [1.807, 2.05) is 0 Å². The highest BCUT2D eigenvalue weighted by atomic mass is 79.9. The molecule has 0 spiro atoms. The molecule has 1 aliphatic rings. The number of hydrogen-bond acceptors (Lipinski definition) is 1. The lowest BCUT2D eigenvalue weighted by atomic mass is 10.0. The lowest BCUT2D eigenvalue weighted by Gasteiger charge is -2.37. The molecule has 1 atom stereocenters. The Labute approximate surface area is 138 Å². The van der Waals surface area contributed by atoms with Gasteiger partial charge in [0.05, 0.1) is 15.6 Å². The van der Waals surface area contributed by atoms with E-state index < -0.39 is 18.1 Å². The lowest BCUT2D eigenvalue weighted by Crippen LogP contribution is -2.51. The van der Waals surface area contributed by atoms with Crippen molar-refractivity contribution in [3.05, 3.63) is 32.2 Å². The van der Waals surface area contributed by atoms with Gasteiger partial charge >= 0.3 is 6.18 Å². The summed E-state index contributed by atoms with van der Waals surface area (Å²) in [5.41, 5.74) is -0.0129. The van der Waals surface area contributed by atoms with E-state index >= 15 is 0 Å². The molecule has 0 saturated carbocycles. The first-order chi connectivity index (χ1) is 9.71. The summed E-state index contributed by atoms with van der Waals surface area (Å²) < 4.78 is 39.6. The minimum Gasteiger partial charge on any atom is -0.326 e. The zero-order valence-electron chi connectivity index (χ0n) is 10.7. The largest absolute Gasteiger partial charge is 0.408 e. The van der Waals surface area contributed by atoms with Crippen molar-refractivity contribution in [2.45, 2.75) is 31.5 Å². The average Bonchev–Trinajstić information content (AvgIpc) is 2.41. The quantitative estimate of drug-likeness (QED) is 0.580. The molecular weight excluding hydrogens is 394 g/mol. The second-order valence-corrected chi connectivity index (χ2v) is 6.47. The van der Waals surface area contributed by atoms with Crippen LogP contribution in [-0.4, -0.2) is 29.6 Å². The number of nitrogens with zero attached hydrogens (tertiary/aromatic N) is 1. The number of carbonyl (C=O) groups is 1. The Morgan fingerprint density at radius 1 is 1.24 bits per heavy atom. The van der Waals surface area contributed by atoms with Crippen LogP contribution in [-0.2, 0) is 0 Å². The minimum atomic E-state index is -4.44. The van der Waals surface area contributed by atoms with Crippen molar-refractivity contribution >= 4 is 45.0 Å². The fraction of sp³-hybridized carbons (Fsp3) is 0.462. The number of piperidine rings is 1. The Kier molecular flexibility index (Phi) is 5.11. The number of alkyl halides is 3. The van der Waals surface area contributed by atoms with Crippen molar-refractivity contribution < 1.29 is 18.0 Å². The third kappa shape index (κ3) is 3.66. The molecule has 2 nitrogen and oxygen atoms in total. The zero-order valence-corrected chi connectivity index (χ0v) is 13.8. The van der Waals surface area contributed by atoms with Gasteiger partial charge in [0.1, 0.15) is 6.04 Å². The van der Waals surface area contributed by atoms with Gasteiger partial charge in [0.25, 0.3) is 5.91 Å². The van der Waals surface area contributed by atoms with Crippen LogP contribution in [0, 0.1) is 0 Å². The maximum Gasteiger partial charge on any atom is 0.408 e. The molecule has 1 aliphatic heterocycles. The molecule has 0 aliphatic carbocycles. The van der Waals surface area contributed by atoms with Crippen molar-refractivity contribution in [2.75, 3.05) is 6.54 Å². The van der Waals surface area contributed by atoms with E-state index in [1.165, 1.54) is 12.1 Å². The lowest BCUT2D eigenvalue weighted by molar-refractivity contribution is -0.183. The number of benzene rings is 1. The molecule has 1 amide bonds. The molecule has 1 heterocycles. The van der Waals surface area contributed by atoms with E-state index in [4.69, 9.17) is 23.2 Å². The van der Waals surface area contributed by atoms with Gasteiger partial charge in [-0.2, -0.15) is 13.2 Å². The summed E-state index contributed by atoms with van der Waals surface area (Å²) in [5.74, 6) is -0.739. The van der Waals surface area contributed by atoms with Gasteiger partial charge in [0.2, 0.25) is 0 Å². The fourth-order valence-electron chi connectivity index (χ4n) is 2.36. The Balaban J connectivity index is 2.36. The summed E-state index contributed by atoms with van der Waals surface area (Å²) in [6.07, 6.45) is -3.54. The van der Waals surface area contributed by atoms with Crippen LogP contribution in [0.4, 0.5) is 13.2 Å². The van der Waals surface area contributed by atoms with Gasteiger partial charge in [-0.1, -0.05) is 23.2 Å². The molecule has 1 aromatic rings. The molecule has 21 heavy (non-hydrogen) atoms. The first kappa shape index (κ1) is 16.9. The number of hydrogen-bond donors (Lipinski definition) is 0. The molecular formula is C13H11BrCl2F3NO. The third-order valence-corrected chi connectivity index (χ3v) is 4.89. The first-order valence-corrected chi connectivity index (χ1v) is 7.79. The van der Waals surface area contributed by atoms with E-state index in [0.29, 0.717) is 17.3 Å². The summed E-state index contributed by atoms with van der Waals surface area (Å²) in [6, 6.07) is 0.930. The Bertz CT molecular complexity index is 565. The predicted molar refractivity (Wildman–Crippen MR) is 78.9 cm³/mol. The van der Waals surface area contributed by atoms with Crippen LogP contribution in [0.1, 0.15) is 29.6 Å². The van der Waals surface area contributed by atoms with Crippen LogP contribution in [0.15, 0.2) is 16.6 Å². The van der Waals surface area contributed by atoms with Crippen molar-refractivity contribution in [3.63, 3.8) is 0 Å². The molecule has 0 aromatic heterocycles. The average molecular weight is 405 g/mol. The molecule has 1 unspecified atom stereocenters. The van der Waals surface area contributed by atoms with E-state index in [0.717, 1.165) is 4.90 Å². The van der Waals surface area contributed by atoms with E-state index in [-0.39, 0.29) is 28.6 Å². The molecule has 0 radical (unpaired) electrons. The predicted octanol–water partition coefficient (Wildman–Crippen LogP) is 5.31. The van der Waals surface area contributed by atoms with Gasteiger partial charge in [-0.05, 0) is 47.3 Å². The van der Waals surface area contributed by atoms with Gasteiger partial charge in [-0.15, -0.1) is 0 Å². The van der Waals surface area contributed by atoms with Crippen LogP contribution in [0.2, 0.25) is 10.0 Å². The monoisotopic (exact) mass is 403 g/mol. The first-order valence-electron chi connectivity index (χ1n) is 6.24. The maximum atomic E-state index is 13.1. The van der Waals surface area contributed by atoms with Crippen molar-refractivity contribution in [1.29, 1.82) is 0 Å². The van der Waals surface area contributed by atoms with Crippen LogP contribution in [0.3, 0.4) is 0 Å². The number of amides is 1. The molecule has 1 fully saturated rings. The van der Waals surface area contributed by atoms with Gasteiger partial charge in [-0.3, -0.25) is 4.79 Å². The molecule has 0 bridgehead atoms. The van der Waals surface area contributed by atoms with Crippen LogP contribution >= 0.6 is 39.1 Å². The van der Waals surface area contributed by atoms with Crippen molar-refractivity contribution in [1.82, 2.24) is 4.90 Å². The molecule has 0 N–H and O–H groups in total. The van der Waals surface area contributed by atoms with Crippen molar-refractivity contribution in [2.24, 2.45) is 0 Å². The number of carbonyl (C=O) groups excluding carboxylic acids is 1. The maximum absolute atomic E-state index is 13.1. The van der Waals surface area contributed by atoms with Gasteiger partial charge in [0.15, 0.2) is 0 Å². The molecule has 1 saturated heterocycles. The Morgan fingerprint density at radius 2 is 1.90 bits per heavy atom. The van der Waals surface area contributed by atoms with Crippen LogP contribution < -0.4 is 0 Å². The standard InChI is InChI=1S/C13H11BrCl2F3NO/c14-8-6-9(15)7(5-10(8)16)12(21)20-4-2-1-3-11(20)13(17,18)19/h5-6,11H,1-4H2. The number of rotatable bonds is 1. The zero-order chi connectivity index (χ0) is 15.8. The Morgan fingerprint density at radius 3 is 2.52 bits per heavy atom. The fourth-order valence-corrected chi connectivity index (χ4v) is 3.24. The highest BCUT2D eigenvalue weighted by molar-refractivity contribution is 9.10. The normalized spacial score (nSPS) is 19.7. The van der Waals surface area contributed by atoms with Crippen LogP contribution in [0.25, 0.3) is 0 Å². The molecule has 116 valence electrons. The van der Waals surface area contributed by atoms with Crippen LogP contribution in [0.5, 0.6) is 0 Å². The molecule has 2 rings (SSSR count). The summed E-state index contributed by atoms with van der Waals surface area (Å²) in [5, 5.41) is 0.297. The summed E-state index contributed by atoms with van der Waals surface area (Å²) in [4.78, 5) is 13.3. The van der Waals surface area contributed by atoms with Gasteiger partial charge < -0.3 is 4.90 Å². The highest BCUT2D eigenvalue weighted by Crippen LogP contribution is 2.35. The van der Waals surface area contributed by atoms with E-state index in [1.54, 1.807) is 0 Å². The smallest absolute Gasteiger partial charge is 0.326 e. The second-order valence-electron chi connectivity index (χ2n) is 4.80. The second kappa shape index (κ2) is 6.34. The number of halogens is 6. The minimum absolute atomic E-state index is 0.0129. The third-order valence-electron chi connectivity index (χ3n) is 3.38. The molecule has 8 heteroatoms. The summed E-state index contributed by atoms with van der Waals surface area (Å²) in [6.45, 7) is 0.0625. The topological polar surface area (TPSA) is 20.3 Å². The van der Waals surface area contributed by atoms with Gasteiger partial charge in [-0.25, -0.2) is 0 Å². The number of likely N-dealkylation sites (tertiary alicyclic amines) is 1. The van der Waals surface area contributed by atoms with E-state index in [9.17, 15) is 18.0 Å². The molecule has 1 aromatic carbocycles. The summed E-state index contributed by atoms with van der Waals surface area (Å²) >= 11 is 15.0. The highest BCUT2D eigenvalue weighted by Gasteiger charge is 2.46. The Hall–Kier alpha value is -0.460. The van der Waals surface area contributed by atoms with Crippen molar-refractivity contribution in [3.8, 4) is 0 Å². The SMILES string of the molecule is O=C(c1cc(Cl)c(Br)cc1Cl)N1CCCCC1C(F)(F)F. The van der Waals surface area contributed by atoms with Gasteiger partial charge in [0, 0.05) is 11.0 Å². The summed E-state index contributed by atoms with van der Waals surface area (Å²) in [7, 11) is 0. The van der Waals surface area contributed by atoms with E-state index in [2.05, 4.69) is 15.9 Å².